The van der Waals surface area contributed by atoms with Crippen LogP contribution in [-0.4, -0.2) is 5.91 Å². The van der Waals surface area contributed by atoms with Crippen LogP contribution in [0.1, 0.15) is 34.4 Å². The smallest absolute Gasteiger partial charge is 0.220 e. The molecule has 0 unspecified atom stereocenters. The Kier molecular flexibility index (Phi) is 7.63. The van der Waals surface area contributed by atoms with Crippen LogP contribution in [0.25, 0.3) is 0 Å². The predicted octanol–water partition coefficient (Wildman–Crippen LogP) is 5.10. The highest BCUT2D eigenvalue weighted by Crippen LogP contribution is 2.12. The largest absolute Gasteiger partial charge is 0.372 e. The molecule has 0 aliphatic heterocycles. The van der Waals surface area contributed by atoms with Gasteiger partial charge in [0.05, 0.1) is 13.2 Å². The molecule has 0 saturated carbocycles. The minimum Gasteiger partial charge on any atom is -0.372 e. The van der Waals surface area contributed by atoms with Gasteiger partial charge in [-0.3, -0.25) is 4.79 Å². The highest BCUT2D eigenvalue weighted by atomic mass is 32.1. The fourth-order valence-corrected chi connectivity index (χ4v) is 3.53. The number of hydrogen-bond acceptors (Lipinski definition) is 3. The summed E-state index contributed by atoms with van der Waals surface area (Å²) in [4.78, 5) is 13.3. The quantitative estimate of drug-likeness (QED) is 0.532. The van der Waals surface area contributed by atoms with E-state index in [0.29, 0.717) is 26.2 Å². The molecule has 3 nitrogen and oxygen atoms in total. The summed E-state index contributed by atoms with van der Waals surface area (Å²) in [5.74, 6) is 0.113. The molecule has 4 heteroatoms. The molecule has 1 N–H and O–H groups in total. The molecule has 0 bridgehead atoms. The van der Waals surface area contributed by atoms with Gasteiger partial charge in [0.1, 0.15) is 0 Å². The Morgan fingerprint density at radius 3 is 2.26 bits per heavy atom. The van der Waals surface area contributed by atoms with Gasteiger partial charge in [-0.15, -0.1) is 11.3 Å². The van der Waals surface area contributed by atoms with Crippen molar-refractivity contribution < 1.29 is 9.53 Å². The number of rotatable bonds is 10. The van der Waals surface area contributed by atoms with Crippen molar-refractivity contribution in [2.75, 3.05) is 0 Å². The van der Waals surface area contributed by atoms with Crippen LogP contribution in [0.15, 0.2) is 72.1 Å². The third-order valence-electron chi connectivity index (χ3n) is 4.30. The summed E-state index contributed by atoms with van der Waals surface area (Å²) >= 11 is 1.75. The fourth-order valence-electron chi connectivity index (χ4n) is 2.78. The molecule has 3 aromatic rings. The Labute approximate surface area is 165 Å². The van der Waals surface area contributed by atoms with E-state index >= 15 is 0 Å². The number of benzene rings is 2. The maximum Gasteiger partial charge on any atom is 0.220 e. The maximum atomic E-state index is 12.0. The van der Waals surface area contributed by atoms with E-state index in [1.807, 2.05) is 30.3 Å². The summed E-state index contributed by atoms with van der Waals surface area (Å²) in [5, 5.41) is 5.07. The molecule has 27 heavy (non-hydrogen) atoms. The molecular weight excluding hydrogens is 354 g/mol. The van der Waals surface area contributed by atoms with Crippen molar-refractivity contribution in [2.24, 2.45) is 0 Å². The van der Waals surface area contributed by atoms with Crippen LogP contribution in [0.3, 0.4) is 0 Å². The number of hydrogen-bond donors (Lipinski definition) is 1. The fraction of sp³-hybridized carbons (Fsp3) is 0.261. The number of ether oxygens (including phenoxy) is 1. The molecule has 0 aliphatic rings. The normalized spacial score (nSPS) is 10.7. The van der Waals surface area contributed by atoms with Gasteiger partial charge in [0.25, 0.3) is 0 Å². The van der Waals surface area contributed by atoms with Crippen molar-refractivity contribution in [3.8, 4) is 0 Å². The first-order valence-corrected chi connectivity index (χ1v) is 10.2. The molecule has 0 saturated heterocycles. The molecule has 3 rings (SSSR count). The van der Waals surface area contributed by atoms with Gasteiger partial charge >= 0.3 is 0 Å². The summed E-state index contributed by atoms with van der Waals surface area (Å²) in [6.07, 6.45) is 2.44. The molecule has 0 fully saturated rings. The zero-order chi connectivity index (χ0) is 18.7. The number of carbonyl (C=O) groups is 1. The monoisotopic (exact) mass is 379 g/mol. The highest BCUT2D eigenvalue weighted by molar-refractivity contribution is 7.09. The van der Waals surface area contributed by atoms with Crippen LogP contribution < -0.4 is 5.32 Å². The molecule has 1 aromatic heterocycles. The van der Waals surface area contributed by atoms with E-state index in [1.54, 1.807) is 11.3 Å². The Balaban J connectivity index is 1.33. The first kappa shape index (κ1) is 19.3. The maximum absolute atomic E-state index is 12.0. The molecule has 0 atom stereocenters. The van der Waals surface area contributed by atoms with E-state index in [0.717, 1.165) is 24.0 Å². The topological polar surface area (TPSA) is 38.3 Å². The summed E-state index contributed by atoms with van der Waals surface area (Å²) in [6.45, 7) is 1.78. The predicted molar refractivity (Wildman–Crippen MR) is 110 cm³/mol. The van der Waals surface area contributed by atoms with Gasteiger partial charge in [-0.05, 0) is 41.0 Å². The number of aryl methyl sites for hydroxylation is 1. The lowest BCUT2D eigenvalue weighted by atomic mass is 10.1. The van der Waals surface area contributed by atoms with Crippen LogP contribution in [-0.2, 0) is 35.7 Å². The third kappa shape index (κ3) is 7.00. The standard InChI is InChI=1S/C23H25NO2S/c25-23(10-4-8-22-9-5-15-27-22)24-16-19-11-13-21(14-12-19)18-26-17-20-6-2-1-3-7-20/h1-3,5-7,9,11-15H,4,8,10,16-18H2,(H,24,25). The third-order valence-corrected chi connectivity index (χ3v) is 5.24. The Morgan fingerprint density at radius 2 is 1.56 bits per heavy atom. The molecule has 140 valence electrons. The molecule has 1 amide bonds. The summed E-state index contributed by atoms with van der Waals surface area (Å²) in [7, 11) is 0. The zero-order valence-corrected chi connectivity index (χ0v) is 16.2. The summed E-state index contributed by atoms with van der Waals surface area (Å²) in [5.41, 5.74) is 3.42. The van der Waals surface area contributed by atoms with Crippen molar-refractivity contribution in [1.82, 2.24) is 5.32 Å². The minimum absolute atomic E-state index is 0.113. The van der Waals surface area contributed by atoms with Gasteiger partial charge in [0, 0.05) is 17.8 Å². The lowest BCUT2D eigenvalue weighted by Gasteiger charge is -2.08. The average molecular weight is 380 g/mol. The molecule has 0 spiro atoms. The molecule has 0 aliphatic carbocycles. The van der Waals surface area contributed by atoms with E-state index in [1.165, 1.54) is 10.4 Å². The average Bonchev–Trinajstić information content (AvgIpc) is 3.22. The summed E-state index contributed by atoms with van der Waals surface area (Å²) < 4.78 is 5.75. The van der Waals surface area contributed by atoms with Crippen LogP contribution in [0, 0.1) is 0 Å². The first-order chi connectivity index (χ1) is 13.3. The van der Waals surface area contributed by atoms with Crippen LogP contribution in [0.4, 0.5) is 0 Å². The highest BCUT2D eigenvalue weighted by Gasteiger charge is 2.03. The Hall–Kier alpha value is -2.43. The van der Waals surface area contributed by atoms with Crippen molar-refractivity contribution >= 4 is 17.2 Å². The van der Waals surface area contributed by atoms with E-state index in [9.17, 15) is 4.79 Å². The summed E-state index contributed by atoms with van der Waals surface area (Å²) in [6, 6.07) is 22.5. The van der Waals surface area contributed by atoms with Gasteiger partial charge in [-0.2, -0.15) is 0 Å². The SMILES string of the molecule is O=C(CCCc1cccs1)NCc1ccc(COCc2ccccc2)cc1. The number of nitrogens with one attached hydrogen (secondary N) is 1. The van der Waals surface area contributed by atoms with E-state index in [2.05, 4.69) is 47.1 Å². The van der Waals surface area contributed by atoms with Gasteiger partial charge in [-0.1, -0.05) is 60.7 Å². The van der Waals surface area contributed by atoms with Crippen molar-refractivity contribution in [2.45, 2.75) is 39.0 Å². The first-order valence-electron chi connectivity index (χ1n) is 9.28. The lowest BCUT2D eigenvalue weighted by molar-refractivity contribution is -0.121. The van der Waals surface area contributed by atoms with Crippen LogP contribution in [0.2, 0.25) is 0 Å². The van der Waals surface area contributed by atoms with Crippen LogP contribution in [0.5, 0.6) is 0 Å². The Bertz CT molecular complexity index is 798. The molecular formula is C23H25NO2S. The van der Waals surface area contributed by atoms with Crippen LogP contribution >= 0.6 is 11.3 Å². The van der Waals surface area contributed by atoms with Crippen molar-refractivity contribution in [3.63, 3.8) is 0 Å². The van der Waals surface area contributed by atoms with E-state index in [-0.39, 0.29) is 5.91 Å². The van der Waals surface area contributed by atoms with Gasteiger partial charge in [0.2, 0.25) is 5.91 Å². The van der Waals surface area contributed by atoms with Gasteiger partial charge < -0.3 is 10.1 Å². The molecule has 2 aromatic carbocycles. The van der Waals surface area contributed by atoms with Gasteiger partial charge in [-0.25, -0.2) is 0 Å². The Morgan fingerprint density at radius 1 is 0.852 bits per heavy atom. The zero-order valence-electron chi connectivity index (χ0n) is 15.4. The van der Waals surface area contributed by atoms with Crippen molar-refractivity contribution in [3.05, 3.63) is 93.7 Å². The van der Waals surface area contributed by atoms with E-state index < -0.39 is 0 Å². The van der Waals surface area contributed by atoms with Gasteiger partial charge in [0.15, 0.2) is 0 Å². The second-order valence-corrected chi connectivity index (χ2v) is 7.54. The number of carbonyl (C=O) groups excluding carboxylic acids is 1. The molecule has 0 radical (unpaired) electrons. The second-order valence-electron chi connectivity index (χ2n) is 6.50. The second kappa shape index (κ2) is 10.7. The van der Waals surface area contributed by atoms with Crippen molar-refractivity contribution in [1.29, 1.82) is 0 Å². The number of thiophene rings is 1. The number of amides is 1. The molecule has 1 heterocycles. The minimum atomic E-state index is 0.113. The lowest BCUT2D eigenvalue weighted by Crippen LogP contribution is -2.22. The van der Waals surface area contributed by atoms with E-state index in [4.69, 9.17) is 4.74 Å².